The van der Waals surface area contributed by atoms with Crippen molar-refractivity contribution in [1.29, 1.82) is 0 Å². The number of amides is 5. The van der Waals surface area contributed by atoms with Crippen LogP contribution >= 0.6 is 0 Å². The Bertz CT molecular complexity index is 435. The maximum atomic E-state index is 11.8. The number of nitrogens with zero attached hydrogens (tertiary/aromatic N) is 2. The summed E-state index contributed by atoms with van der Waals surface area (Å²) in [5.74, 6) is -2.39. The van der Waals surface area contributed by atoms with E-state index in [1.54, 1.807) is 7.05 Å². The van der Waals surface area contributed by atoms with E-state index in [0.29, 0.717) is 11.4 Å². The van der Waals surface area contributed by atoms with Crippen molar-refractivity contribution in [2.24, 2.45) is 0 Å². The first-order valence-corrected chi connectivity index (χ1v) is 6.22. The molecule has 20 heavy (non-hydrogen) atoms. The average Bonchev–Trinajstić information content (AvgIpc) is 2.62. The van der Waals surface area contributed by atoms with Crippen molar-refractivity contribution in [3.05, 3.63) is 12.7 Å². The summed E-state index contributed by atoms with van der Waals surface area (Å²) >= 11 is 0. The van der Waals surface area contributed by atoms with Crippen molar-refractivity contribution >= 4 is 23.8 Å². The predicted molar refractivity (Wildman–Crippen MR) is 70.6 cm³/mol. The van der Waals surface area contributed by atoms with Gasteiger partial charge < -0.3 is 10.6 Å². The Hall–Kier alpha value is -2.22. The quantitative estimate of drug-likeness (QED) is 0.249. The van der Waals surface area contributed by atoms with E-state index >= 15 is 0 Å². The van der Waals surface area contributed by atoms with Crippen LogP contribution in [0.5, 0.6) is 0 Å². The summed E-state index contributed by atoms with van der Waals surface area (Å²) in [4.78, 5) is 47.9. The van der Waals surface area contributed by atoms with Crippen LogP contribution in [-0.4, -0.2) is 66.8 Å². The highest BCUT2D eigenvalue weighted by Crippen LogP contribution is 2.11. The van der Waals surface area contributed by atoms with Crippen molar-refractivity contribution in [3.63, 3.8) is 0 Å². The van der Waals surface area contributed by atoms with Crippen molar-refractivity contribution in [3.8, 4) is 0 Å². The van der Waals surface area contributed by atoms with Gasteiger partial charge in [0.05, 0.1) is 0 Å². The van der Waals surface area contributed by atoms with Gasteiger partial charge in [0.25, 0.3) is 0 Å². The van der Waals surface area contributed by atoms with E-state index in [9.17, 15) is 19.2 Å². The maximum absolute atomic E-state index is 11.8. The molecular formula is C12H18N4O4. The van der Waals surface area contributed by atoms with Crippen LogP contribution in [0.2, 0.25) is 0 Å². The Morgan fingerprint density at radius 1 is 1.20 bits per heavy atom. The average molecular weight is 282 g/mol. The van der Waals surface area contributed by atoms with Gasteiger partial charge in [0.1, 0.15) is 6.54 Å². The number of urea groups is 1. The second kappa shape index (κ2) is 7.39. The third-order valence-corrected chi connectivity index (χ3v) is 2.67. The Labute approximate surface area is 116 Å². The van der Waals surface area contributed by atoms with Crippen LogP contribution in [-0.2, 0) is 14.4 Å². The molecule has 1 saturated heterocycles. The zero-order valence-electron chi connectivity index (χ0n) is 11.3. The Morgan fingerprint density at radius 3 is 2.45 bits per heavy atom. The van der Waals surface area contributed by atoms with Gasteiger partial charge in [-0.25, -0.2) is 9.69 Å². The van der Waals surface area contributed by atoms with E-state index in [2.05, 4.69) is 17.2 Å². The summed E-state index contributed by atoms with van der Waals surface area (Å²) in [5.41, 5.74) is 0. The summed E-state index contributed by atoms with van der Waals surface area (Å²) < 4.78 is 0. The molecule has 110 valence electrons. The van der Waals surface area contributed by atoms with E-state index in [4.69, 9.17) is 0 Å². The first-order chi connectivity index (χ1) is 9.52. The summed E-state index contributed by atoms with van der Waals surface area (Å²) in [5, 5.41) is 5.50. The molecule has 0 aliphatic carbocycles. The van der Waals surface area contributed by atoms with Gasteiger partial charge >= 0.3 is 17.8 Å². The van der Waals surface area contributed by atoms with Crippen LogP contribution < -0.4 is 10.6 Å². The van der Waals surface area contributed by atoms with Gasteiger partial charge in [-0.1, -0.05) is 6.08 Å². The third kappa shape index (κ3) is 3.64. The molecule has 8 heteroatoms. The molecule has 1 aliphatic heterocycles. The summed E-state index contributed by atoms with van der Waals surface area (Å²) in [6.45, 7) is 4.08. The number of hydrogen-bond donors (Lipinski definition) is 2. The molecule has 0 spiro atoms. The Kier molecular flexibility index (Phi) is 5.85. The highest BCUT2D eigenvalue weighted by Gasteiger charge is 2.44. The second-order valence-corrected chi connectivity index (χ2v) is 4.19. The minimum absolute atomic E-state index is 0.0519. The monoisotopic (exact) mass is 282 g/mol. The van der Waals surface area contributed by atoms with Gasteiger partial charge in [-0.15, -0.1) is 6.58 Å². The number of hydrogen-bond acceptors (Lipinski definition) is 5. The minimum atomic E-state index is -0.984. The lowest BCUT2D eigenvalue weighted by molar-refractivity contribution is -0.143. The maximum Gasteiger partial charge on any atom is 0.335 e. The van der Waals surface area contributed by atoms with Gasteiger partial charge in [-0.3, -0.25) is 19.3 Å². The molecule has 1 heterocycles. The normalized spacial score (nSPS) is 14.9. The molecule has 0 aromatic carbocycles. The number of carbonyl (C=O) groups excluding carboxylic acids is 4. The SMILES string of the molecule is C=CCN1C(=O)C(=O)N(CC(=O)NCCCNC)C1=O. The molecule has 1 rings (SSSR count). The third-order valence-electron chi connectivity index (χ3n) is 2.67. The van der Waals surface area contributed by atoms with Crippen LogP contribution in [0.4, 0.5) is 4.79 Å². The fraction of sp³-hybridized carbons (Fsp3) is 0.500. The summed E-state index contributed by atoms with van der Waals surface area (Å²) in [7, 11) is 1.79. The zero-order chi connectivity index (χ0) is 15.1. The zero-order valence-corrected chi connectivity index (χ0v) is 11.3. The molecule has 1 aliphatic rings. The molecule has 2 N–H and O–H groups in total. The molecule has 8 nitrogen and oxygen atoms in total. The highest BCUT2D eigenvalue weighted by molar-refractivity contribution is 6.45. The fourth-order valence-corrected chi connectivity index (χ4v) is 1.67. The molecule has 1 fully saturated rings. The number of carbonyl (C=O) groups is 4. The van der Waals surface area contributed by atoms with Crippen molar-refractivity contribution in [2.75, 3.05) is 33.2 Å². The van der Waals surface area contributed by atoms with Crippen LogP contribution in [0.1, 0.15) is 6.42 Å². The Morgan fingerprint density at radius 2 is 1.85 bits per heavy atom. The minimum Gasteiger partial charge on any atom is -0.354 e. The van der Waals surface area contributed by atoms with E-state index < -0.39 is 30.3 Å². The van der Waals surface area contributed by atoms with Crippen molar-refractivity contribution in [2.45, 2.75) is 6.42 Å². The van der Waals surface area contributed by atoms with Gasteiger partial charge in [0, 0.05) is 13.1 Å². The second-order valence-electron chi connectivity index (χ2n) is 4.19. The summed E-state index contributed by atoms with van der Waals surface area (Å²) in [6, 6.07) is -0.787. The smallest absolute Gasteiger partial charge is 0.335 e. The first kappa shape index (κ1) is 15.8. The Balaban J connectivity index is 2.52. The lowest BCUT2D eigenvalue weighted by atomic mass is 10.4. The van der Waals surface area contributed by atoms with Crippen molar-refractivity contribution < 1.29 is 19.2 Å². The number of imide groups is 2. The fourth-order valence-electron chi connectivity index (χ4n) is 1.67. The topological polar surface area (TPSA) is 98.8 Å². The molecule has 0 saturated carbocycles. The molecule has 5 amide bonds. The molecule has 0 radical (unpaired) electrons. The molecular weight excluding hydrogens is 264 g/mol. The van der Waals surface area contributed by atoms with Gasteiger partial charge in [0.15, 0.2) is 0 Å². The van der Waals surface area contributed by atoms with Crippen LogP contribution in [0, 0.1) is 0 Å². The molecule has 0 aromatic heterocycles. The van der Waals surface area contributed by atoms with E-state index in [-0.39, 0.29) is 6.54 Å². The summed E-state index contributed by atoms with van der Waals surface area (Å²) in [6.07, 6.45) is 2.07. The lowest BCUT2D eigenvalue weighted by Gasteiger charge is -2.14. The number of nitrogens with one attached hydrogen (secondary N) is 2. The lowest BCUT2D eigenvalue weighted by Crippen LogP contribution is -2.42. The van der Waals surface area contributed by atoms with Crippen LogP contribution in [0.3, 0.4) is 0 Å². The van der Waals surface area contributed by atoms with Gasteiger partial charge in [0.2, 0.25) is 5.91 Å². The van der Waals surface area contributed by atoms with Crippen molar-refractivity contribution in [1.82, 2.24) is 20.4 Å². The highest BCUT2D eigenvalue weighted by atomic mass is 16.2. The first-order valence-electron chi connectivity index (χ1n) is 6.22. The molecule has 0 unspecified atom stereocenters. The van der Waals surface area contributed by atoms with E-state index in [1.165, 1.54) is 6.08 Å². The molecule has 0 atom stereocenters. The van der Waals surface area contributed by atoms with Gasteiger partial charge in [-0.05, 0) is 20.0 Å². The van der Waals surface area contributed by atoms with E-state index in [1.807, 2.05) is 0 Å². The van der Waals surface area contributed by atoms with Gasteiger partial charge in [-0.2, -0.15) is 0 Å². The largest absolute Gasteiger partial charge is 0.354 e. The number of rotatable bonds is 8. The van der Waals surface area contributed by atoms with Crippen LogP contribution in [0.15, 0.2) is 12.7 Å². The molecule has 0 aromatic rings. The van der Waals surface area contributed by atoms with E-state index in [0.717, 1.165) is 17.9 Å². The van der Waals surface area contributed by atoms with Crippen LogP contribution in [0.25, 0.3) is 0 Å². The molecule has 0 bridgehead atoms. The standard InChI is InChI=1S/C12H18N4O4/c1-3-7-15-10(18)11(19)16(12(15)20)8-9(17)14-6-4-5-13-2/h3,13H,1,4-8H2,2H3,(H,14,17). The predicted octanol–water partition coefficient (Wildman–Crippen LogP) is -1.31.